The van der Waals surface area contributed by atoms with E-state index in [9.17, 15) is 9.59 Å². The third kappa shape index (κ3) is 4.49. The number of carboxylic acids is 1. The first-order chi connectivity index (χ1) is 8.30. The van der Waals surface area contributed by atoms with E-state index in [0.29, 0.717) is 6.42 Å². The summed E-state index contributed by atoms with van der Waals surface area (Å²) < 4.78 is 0. The molecule has 1 aromatic heterocycles. The van der Waals surface area contributed by atoms with Gasteiger partial charge < -0.3 is 10.0 Å². The summed E-state index contributed by atoms with van der Waals surface area (Å²) in [7, 11) is 0. The van der Waals surface area contributed by atoms with Crippen molar-refractivity contribution in [1.29, 1.82) is 0 Å². The van der Waals surface area contributed by atoms with Crippen molar-refractivity contribution in [1.82, 2.24) is 4.90 Å². The maximum Gasteiger partial charge on any atom is 0.305 e. The Morgan fingerprint density at radius 2 is 2.06 bits per heavy atom. The van der Waals surface area contributed by atoms with Gasteiger partial charge in [-0.25, -0.2) is 0 Å². The number of rotatable bonds is 5. The summed E-state index contributed by atoms with van der Waals surface area (Å²) in [6, 6.07) is 1.92. The van der Waals surface area contributed by atoms with Gasteiger partial charge in [0.05, 0.1) is 12.8 Å². The SMILES string of the molecule is CC(C)(C)N(CCC(=O)O)C(=O)Cc1ccsc1. The number of carboxylic acid groups (broad SMARTS) is 1. The first kappa shape index (κ1) is 14.7. The van der Waals surface area contributed by atoms with Gasteiger partial charge >= 0.3 is 5.97 Å². The average molecular weight is 269 g/mol. The van der Waals surface area contributed by atoms with E-state index in [4.69, 9.17) is 5.11 Å². The Bertz CT molecular complexity index is 406. The molecule has 100 valence electrons. The number of nitrogens with zero attached hydrogens (tertiary/aromatic N) is 1. The van der Waals surface area contributed by atoms with E-state index in [2.05, 4.69) is 0 Å². The van der Waals surface area contributed by atoms with Crippen LogP contribution in [0.5, 0.6) is 0 Å². The second-order valence-electron chi connectivity index (χ2n) is 5.17. The number of hydrogen-bond acceptors (Lipinski definition) is 3. The molecule has 0 aliphatic heterocycles. The highest BCUT2D eigenvalue weighted by molar-refractivity contribution is 7.07. The molecule has 0 spiro atoms. The smallest absolute Gasteiger partial charge is 0.305 e. The van der Waals surface area contributed by atoms with Gasteiger partial charge in [0.15, 0.2) is 0 Å². The summed E-state index contributed by atoms with van der Waals surface area (Å²) in [5.41, 5.74) is 0.623. The Hall–Kier alpha value is -1.36. The monoisotopic (exact) mass is 269 g/mol. The second kappa shape index (κ2) is 6.00. The van der Waals surface area contributed by atoms with Gasteiger partial charge in [0.25, 0.3) is 0 Å². The molecular weight excluding hydrogens is 250 g/mol. The van der Waals surface area contributed by atoms with E-state index in [-0.39, 0.29) is 24.4 Å². The number of aliphatic carboxylic acids is 1. The van der Waals surface area contributed by atoms with Crippen LogP contribution in [0.1, 0.15) is 32.8 Å². The van der Waals surface area contributed by atoms with Gasteiger partial charge in [-0.15, -0.1) is 0 Å². The molecule has 0 aliphatic carbocycles. The van der Waals surface area contributed by atoms with Crippen LogP contribution in [0.4, 0.5) is 0 Å². The standard InChI is InChI=1S/C13H19NO3S/c1-13(2,3)14(6-4-12(16)17)11(15)8-10-5-7-18-9-10/h5,7,9H,4,6,8H2,1-3H3,(H,16,17). The lowest BCUT2D eigenvalue weighted by atomic mass is 10.0. The molecule has 1 rings (SSSR count). The lowest BCUT2D eigenvalue weighted by Gasteiger charge is -2.35. The van der Waals surface area contributed by atoms with Crippen molar-refractivity contribution in [2.45, 2.75) is 39.2 Å². The van der Waals surface area contributed by atoms with E-state index in [1.54, 1.807) is 16.2 Å². The lowest BCUT2D eigenvalue weighted by molar-refractivity contribution is -0.140. The molecule has 0 aliphatic rings. The number of thiophene rings is 1. The van der Waals surface area contributed by atoms with Crippen molar-refractivity contribution >= 4 is 23.2 Å². The summed E-state index contributed by atoms with van der Waals surface area (Å²) in [6.07, 6.45) is 0.313. The van der Waals surface area contributed by atoms with Gasteiger partial charge in [0.2, 0.25) is 5.91 Å². The predicted octanol–water partition coefficient (Wildman–Crippen LogP) is 2.39. The van der Waals surface area contributed by atoms with Crippen LogP contribution >= 0.6 is 11.3 Å². The number of amides is 1. The number of carbonyl (C=O) groups is 2. The summed E-state index contributed by atoms with van der Waals surface area (Å²) in [5.74, 6) is -0.908. The van der Waals surface area contributed by atoms with Crippen molar-refractivity contribution < 1.29 is 14.7 Å². The Balaban J connectivity index is 2.70. The van der Waals surface area contributed by atoms with Gasteiger partial charge in [0, 0.05) is 12.1 Å². The molecule has 0 aromatic carbocycles. The molecule has 0 saturated heterocycles. The van der Waals surface area contributed by atoms with Gasteiger partial charge in [-0.2, -0.15) is 11.3 Å². The van der Waals surface area contributed by atoms with Crippen LogP contribution in [-0.2, 0) is 16.0 Å². The van der Waals surface area contributed by atoms with E-state index in [1.807, 2.05) is 37.6 Å². The minimum Gasteiger partial charge on any atom is -0.481 e. The molecule has 4 nitrogen and oxygen atoms in total. The molecule has 18 heavy (non-hydrogen) atoms. The van der Waals surface area contributed by atoms with Gasteiger partial charge in [-0.1, -0.05) is 0 Å². The highest BCUT2D eigenvalue weighted by Crippen LogP contribution is 2.17. The molecule has 5 heteroatoms. The zero-order chi connectivity index (χ0) is 13.8. The van der Waals surface area contributed by atoms with Crippen LogP contribution < -0.4 is 0 Å². The Morgan fingerprint density at radius 3 is 2.50 bits per heavy atom. The summed E-state index contributed by atoms with van der Waals surface area (Å²) in [5, 5.41) is 12.6. The fourth-order valence-corrected chi connectivity index (χ4v) is 2.37. The Morgan fingerprint density at radius 1 is 1.39 bits per heavy atom. The van der Waals surface area contributed by atoms with Crippen LogP contribution in [0, 0.1) is 0 Å². The number of hydrogen-bond donors (Lipinski definition) is 1. The normalized spacial score (nSPS) is 11.3. The fourth-order valence-electron chi connectivity index (χ4n) is 1.70. The van der Waals surface area contributed by atoms with E-state index in [0.717, 1.165) is 5.56 Å². The van der Waals surface area contributed by atoms with Crippen LogP contribution in [0.3, 0.4) is 0 Å². The van der Waals surface area contributed by atoms with Crippen LogP contribution in [0.25, 0.3) is 0 Å². The van der Waals surface area contributed by atoms with Crippen molar-refractivity contribution in [3.63, 3.8) is 0 Å². The van der Waals surface area contributed by atoms with Gasteiger partial charge in [0.1, 0.15) is 0 Å². The summed E-state index contributed by atoms with van der Waals surface area (Å²) in [6.45, 7) is 6.00. The molecule has 0 bridgehead atoms. The number of carbonyl (C=O) groups excluding carboxylic acids is 1. The zero-order valence-corrected chi connectivity index (χ0v) is 11.8. The van der Waals surface area contributed by atoms with Crippen molar-refractivity contribution in [2.75, 3.05) is 6.54 Å². The van der Waals surface area contributed by atoms with Crippen LogP contribution in [0.15, 0.2) is 16.8 Å². The van der Waals surface area contributed by atoms with Gasteiger partial charge in [-0.3, -0.25) is 9.59 Å². The highest BCUT2D eigenvalue weighted by atomic mass is 32.1. The molecule has 0 saturated carbocycles. The van der Waals surface area contributed by atoms with E-state index < -0.39 is 5.97 Å². The maximum atomic E-state index is 12.2. The molecule has 0 atom stereocenters. The van der Waals surface area contributed by atoms with Crippen molar-refractivity contribution in [2.24, 2.45) is 0 Å². The molecule has 1 amide bonds. The van der Waals surface area contributed by atoms with Gasteiger partial charge in [-0.05, 0) is 43.2 Å². The molecule has 0 unspecified atom stereocenters. The molecule has 0 radical (unpaired) electrons. The summed E-state index contributed by atoms with van der Waals surface area (Å²) >= 11 is 1.55. The Labute approximate surface area is 111 Å². The predicted molar refractivity (Wildman–Crippen MR) is 71.7 cm³/mol. The van der Waals surface area contributed by atoms with Crippen molar-refractivity contribution in [3.05, 3.63) is 22.4 Å². The molecule has 1 heterocycles. The molecule has 1 aromatic rings. The third-order valence-corrected chi connectivity index (χ3v) is 3.33. The molecular formula is C13H19NO3S. The largest absolute Gasteiger partial charge is 0.481 e. The first-order valence-electron chi connectivity index (χ1n) is 5.84. The maximum absolute atomic E-state index is 12.2. The summed E-state index contributed by atoms with van der Waals surface area (Å²) in [4.78, 5) is 24.5. The van der Waals surface area contributed by atoms with E-state index >= 15 is 0 Å². The molecule has 1 N–H and O–H groups in total. The Kier molecular flexibility index (Phi) is 4.90. The second-order valence-corrected chi connectivity index (χ2v) is 5.95. The fraction of sp³-hybridized carbons (Fsp3) is 0.538. The first-order valence-corrected chi connectivity index (χ1v) is 6.78. The average Bonchev–Trinajstić information content (AvgIpc) is 2.67. The highest BCUT2D eigenvalue weighted by Gasteiger charge is 2.26. The van der Waals surface area contributed by atoms with Crippen LogP contribution in [-0.4, -0.2) is 34.0 Å². The minimum absolute atomic E-state index is 0.0212. The molecule has 0 fully saturated rings. The quantitative estimate of drug-likeness (QED) is 0.893. The minimum atomic E-state index is -0.882. The zero-order valence-electron chi connectivity index (χ0n) is 11.0. The lowest BCUT2D eigenvalue weighted by Crippen LogP contribution is -2.47. The van der Waals surface area contributed by atoms with Crippen LogP contribution in [0.2, 0.25) is 0 Å². The third-order valence-electron chi connectivity index (χ3n) is 2.60. The van der Waals surface area contributed by atoms with Crippen molar-refractivity contribution in [3.8, 4) is 0 Å². The topological polar surface area (TPSA) is 57.6 Å². The van der Waals surface area contributed by atoms with E-state index in [1.165, 1.54) is 0 Å².